The molecule has 1 aromatic rings. The Labute approximate surface area is 147 Å². The third-order valence-electron chi connectivity index (χ3n) is 4.69. The van der Waals surface area contributed by atoms with E-state index in [1.807, 2.05) is 25.7 Å². The lowest BCUT2D eigenvalue weighted by Gasteiger charge is -2.36. The zero-order valence-corrected chi connectivity index (χ0v) is 15.2. The first kappa shape index (κ1) is 18.5. The standard InChI is InChI=1S/C17H24ClN3O3/c1-4-19(5-2)17(22)13-6-8-20(9-7-13)16-12(3)10-14(21(23)24)11-15(16)18/h10-11,13H,4-9H2,1-3H3. The number of halogens is 1. The summed E-state index contributed by atoms with van der Waals surface area (Å²) < 4.78 is 0. The lowest BCUT2D eigenvalue weighted by Crippen LogP contribution is -2.42. The number of anilines is 1. The second-order valence-electron chi connectivity index (χ2n) is 6.12. The molecule has 0 aliphatic carbocycles. The Morgan fingerprint density at radius 1 is 1.33 bits per heavy atom. The third-order valence-corrected chi connectivity index (χ3v) is 4.97. The molecule has 0 radical (unpaired) electrons. The summed E-state index contributed by atoms with van der Waals surface area (Å²) in [5.74, 6) is 0.282. The van der Waals surface area contributed by atoms with Crippen molar-refractivity contribution in [3.05, 3.63) is 32.8 Å². The molecular weight excluding hydrogens is 330 g/mol. The Morgan fingerprint density at radius 2 is 1.92 bits per heavy atom. The van der Waals surface area contributed by atoms with Gasteiger partial charge in [0.25, 0.3) is 5.69 Å². The summed E-state index contributed by atoms with van der Waals surface area (Å²) in [5, 5.41) is 11.3. The molecule has 7 heteroatoms. The lowest BCUT2D eigenvalue weighted by atomic mass is 9.94. The van der Waals surface area contributed by atoms with Crippen molar-refractivity contribution in [2.75, 3.05) is 31.1 Å². The summed E-state index contributed by atoms with van der Waals surface area (Å²) in [6.45, 7) is 8.77. The van der Waals surface area contributed by atoms with Gasteiger partial charge in [0.15, 0.2) is 0 Å². The topological polar surface area (TPSA) is 66.7 Å². The molecule has 1 aromatic carbocycles. The van der Waals surface area contributed by atoms with Gasteiger partial charge < -0.3 is 9.80 Å². The maximum absolute atomic E-state index is 12.5. The van der Waals surface area contributed by atoms with Crippen molar-refractivity contribution in [3.63, 3.8) is 0 Å². The Hall–Kier alpha value is -1.82. The number of hydrogen-bond donors (Lipinski definition) is 0. The van der Waals surface area contributed by atoms with Crippen molar-refractivity contribution in [1.82, 2.24) is 4.90 Å². The van der Waals surface area contributed by atoms with E-state index < -0.39 is 4.92 Å². The van der Waals surface area contributed by atoms with E-state index in [-0.39, 0.29) is 17.5 Å². The normalized spacial score (nSPS) is 15.4. The number of carbonyl (C=O) groups excluding carboxylic acids is 1. The predicted molar refractivity (Wildman–Crippen MR) is 95.7 cm³/mol. The molecule has 2 rings (SSSR count). The fourth-order valence-electron chi connectivity index (χ4n) is 3.37. The number of aryl methyl sites for hydroxylation is 1. The van der Waals surface area contributed by atoms with E-state index >= 15 is 0 Å². The van der Waals surface area contributed by atoms with E-state index in [4.69, 9.17) is 11.6 Å². The quantitative estimate of drug-likeness (QED) is 0.598. The van der Waals surface area contributed by atoms with E-state index in [1.165, 1.54) is 6.07 Å². The van der Waals surface area contributed by atoms with Gasteiger partial charge in [0.05, 0.1) is 15.6 Å². The van der Waals surface area contributed by atoms with Crippen LogP contribution in [0.15, 0.2) is 12.1 Å². The summed E-state index contributed by atoms with van der Waals surface area (Å²) in [5.41, 5.74) is 1.64. The van der Waals surface area contributed by atoms with Crippen molar-refractivity contribution in [1.29, 1.82) is 0 Å². The number of piperidine rings is 1. The molecule has 1 saturated heterocycles. The number of rotatable bonds is 5. The molecular formula is C17H24ClN3O3. The van der Waals surface area contributed by atoms with Crippen molar-refractivity contribution in [2.45, 2.75) is 33.6 Å². The minimum atomic E-state index is -0.433. The Bertz CT molecular complexity index is 601. The second kappa shape index (κ2) is 7.83. The van der Waals surface area contributed by atoms with Crippen LogP contribution in [-0.2, 0) is 4.79 Å². The number of non-ortho nitro benzene ring substituents is 1. The number of nitrogens with zero attached hydrogens (tertiary/aromatic N) is 3. The van der Waals surface area contributed by atoms with Crippen LogP contribution >= 0.6 is 11.6 Å². The van der Waals surface area contributed by atoms with E-state index in [0.29, 0.717) is 5.02 Å². The highest BCUT2D eigenvalue weighted by Gasteiger charge is 2.29. The fraction of sp³-hybridized carbons (Fsp3) is 0.588. The van der Waals surface area contributed by atoms with Crippen LogP contribution in [0, 0.1) is 23.0 Å². The smallest absolute Gasteiger partial charge is 0.271 e. The molecule has 1 fully saturated rings. The van der Waals surface area contributed by atoms with Gasteiger partial charge in [0, 0.05) is 44.2 Å². The average molecular weight is 354 g/mol. The molecule has 0 bridgehead atoms. The molecule has 1 heterocycles. The average Bonchev–Trinajstić information content (AvgIpc) is 2.55. The van der Waals surface area contributed by atoms with Crippen LogP contribution in [0.5, 0.6) is 0 Å². The van der Waals surface area contributed by atoms with Gasteiger partial charge in [-0.1, -0.05) is 11.6 Å². The Morgan fingerprint density at radius 3 is 2.38 bits per heavy atom. The van der Waals surface area contributed by atoms with Gasteiger partial charge in [0.2, 0.25) is 5.91 Å². The zero-order valence-electron chi connectivity index (χ0n) is 14.4. The molecule has 24 heavy (non-hydrogen) atoms. The van der Waals surface area contributed by atoms with Gasteiger partial charge in [0.1, 0.15) is 0 Å². The van der Waals surface area contributed by atoms with Crippen LogP contribution in [0.4, 0.5) is 11.4 Å². The molecule has 0 aromatic heterocycles. The van der Waals surface area contributed by atoms with Crippen molar-refractivity contribution in [3.8, 4) is 0 Å². The first-order valence-corrected chi connectivity index (χ1v) is 8.75. The molecule has 6 nitrogen and oxygen atoms in total. The largest absolute Gasteiger partial charge is 0.370 e. The van der Waals surface area contributed by atoms with Crippen LogP contribution in [0.2, 0.25) is 5.02 Å². The first-order valence-electron chi connectivity index (χ1n) is 8.37. The highest BCUT2D eigenvalue weighted by Crippen LogP contribution is 2.36. The van der Waals surface area contributed by atoms with Crippen LogP contribution < -0.4 is 4.90 Å². The van der Waals surface area contributed by atoms with Crippen LogP contribution in [0.3, 0.4) is 0 Å². The fourth-order valence-corrected chi connectivity index (χ4v) is 3.75. The number of amides is 1. The predicted octanol–water partition coefficient (Wildman–Crippen LogP) is 3.64. The minimum absolute atomic E-state index is 0.00727. The summed E-state index contributed by atoms with van der Waals surface area (Å²) >= 11 is 6.29. The molecule has 0 spiro atoms. The van der Waals surface area contributed by atoms with Crippen LogP contribution in [0.25, 0.3) is 0 Å². The number of benzene rings is 1. The van der Waals surface area contributed by atoms with Gasteiger partial charge in [-0.15, -0.1) is 0 Å². The van der Waals surface area contributed by atoms with Gasteiger partial charge in [-0.05, 0) is 39.2 Å². The van der Waals surface area contributed by atoms with Gasteiger partial charge in [-0.25, -0.2) is 0 Å². The molecule has 0 N–H and O–H groups in total. The molecule has 1 amide bonds. The summed E-state index contributed by atoms with van der Waals surface area (Å²) in [6, 6.07) is 2.95. The van der Waals surface area contributed by atoms with E-state index in [1.54, 1.807) is 6.07 Å². The van der Waals surface area contributed by atoms with Crippen molar-refractivity contribution in [2.24, 2.45) is 5.92 Å². The first-order chi connectivity index (χ1) is 11.4. The van der Waals surface area contributed by atoms with Crippen molar-refractivity contribution >= 4 is 28.9 Å². The molecule has 0 saturated carbocycles. The lowest BCUT2D eigenvalue weighted by molar-refractivity contribution is -0.384. The van der Waals surface area contributed by atoms with E-state index in [9.17, 15) is 14.9 Å². The Balaban J connectivity index is 2.10. The number of nitro benzene ring substituents is 1. The van der Waals surface area contributed by atoms with Crippen LogP contribution in [-0.4, -0.2) is 41.9 Å². The molecule has 132 valence electrons. The highest BCUT2D eigenvalue weighted by molar-refractivity contribution is 6.33. The summed E-state index contributed by atoms with van der Waals surface area (Å²) in [4.78, 5) is 27.0. The van der Waals surface area contributed by atoms with Gasteiger partial charge in [-0.3, -0.25) is 14.9 Å². The molecule has 1 aliphatic heterocycles. The van der Waals surface area contributed by atoms with E-state index in [0.717, 1.165) is 50.3 Å². The maximum Gasteiger partial charge on any atom is 0.271 e. The molecule has 1 aliphatic rings. The molecule has 0 atom stereocenters. The third kappa shape index (κ3) is 3.80. The monoisotopic (exact) mass is 353 g/mol. The summed E-state index contributed by atoms with van der Waals surface area (Å²) in [7, 11) is 0. The molecule has 0 unspecified atom stereocenters. The summed E-state index contributed by atoms with van der Waals surface area (Å²) in [6.07, 6.45) is 1.56. The maximum atomic E-state index is 12.5. The zero-order chi connectivity index (χ0) is 17.9. The van der Waals surface area contributed by atoms with Gasteiger partial charge >= 0.3 is 0 Å². The van der Waals surface area contributed by atoms with E-state index in [2.05, 4.69) is 4.90 Å². The highest BCUT2D eigenvalue weighted by atomic mass is 35.5. The van der Waals surface area contributed by atoms with Crippen molar-refractivity contribution < 1.29 is 9.72 Å². The number of carbonyl (C=O) groups is 1. The van der Waals surface area contributed by atoms with Crippen LogP contribution in [0.1, 0.15) is 32.3 Å². The SMILES string of the molecule is CCN(CC)C(=O)C1CCN(c2c(C)cc([N+](=O)[O-])cc2Cl)CC1. The number of hydrogen-bond acceptors (Lipinski definition) is 4. The number of nitro groups is 1. The minimum Gasteiger partial charge on any atom is -0.370 e. The second-order valence-corrected chi connectivity index (χ2v) is 6.53. The Kier molecular flexibility index (Phi) is 6.04. The van der Waals surface area contributed by atoms with Gasteiger partial charge in [-0.2, -0.15) is 0 Å².